The predicted octanol–water partition coefficient (Wildman–Crippen LogP) is 3.56. The second kappa shape index (κ2) is 6.60. The predicted molar refractivity (Wildman–Crippen MR) is 82.6 cm³/mol. The zero-order valence-electron chi connectivity index (χ0n) is 11.9. The monoisotopic (exact) mass is 284 g/mol. The number of rotatable bonds is 5. The van der Waals surface area contributed by atoms with Gasteiger partial charge >= 0.3 is 0 Å². The number of hydrogen-bond acceptors (Lipinski definition) is 5. The molecule has 1 N–H and O–H groups in total. The Morgan fingerprint density at radius 1 is 1.24 bits per heavy atom. The highest BCUT2D eigenvalue weighted by atomic mass is 16.6. The number of hydrogen-bond donors (Lipinski definition) is 1. The number of nitrogens with zero attached hydrogens (tertiary/aromatic N) is 3. The molecule has 1 aromatic carbocycles. The van der Waals surface area contributed by atoms with Gasteiger partial charge in [0.2, 0.25) is 0 Å². The van der Waals surface area contributed by atoms with Gasteiger partial charge in [0.25, 0.3) is 5.69 Å². The Hall–Kier alpha value is -2.76. The van der Waals surface area contributed by atoms with Gasteiger partial charge in [-0.25, -0.2) is 4.98 Å². The summed E-state index contributed by atoms with van der Waals surface area (Å²) in [6.45, 7) is 4.29. The molecule has 0 aliphatic carbocycles. The van der Waals surface area contributed by atoms with Gasteiger partial charge in [-0.1, -0.05) is 38.1 Å². The van der Waals surface area contributed by atoms with Crippen LogP contribution in [0.4, 0.5) is 11.5 Å². The molecule has 0 unspecified atom stereocenters. The van der Waals surface area contributed by atoms with Gasteiger partial charge in [0.05, 0.1) is 11.1 Å². The van der Waals surface area contributed by atoms with E-state index in [9.17, 15) is 10.1 Å². The second-order valence-electron chi connectivity index (χ2n) is 4.85. The van der Waals surface area contributed by atoms with Gasteiger partial charge in [-0.3, -0.25) is 15.5 Å². The lowest BCUT2D eigenvalue weighted by Gasteiger charge is -2.04. The topological polar surface area (TPSA) is 80.4 Å². The van der Waals surface area contributed by atoms with Crippen molar-refractivity contribution >= 4 is 17.7 Å². The van der Waals surface area contributed by atoms with Gasteiger partial charge in [0.1, 0.15) is 12.0 Å². The normalized spacial score (nSPS) is 11.0. The number of anilines is 1. The van der Waals surface area contributed by atoms with E-state index in [1.54, 1.807) is 6.21 Å². The molecule has 0 spiro atoms. The molecule has 2 rings (SSSR count). The second-order valence-corrected chi connectivity index (χ2v) is 4.85. The maximum Gasteiger partial charge on any atom is 0.287 e. The molecular formula is C15H16N4O2. The third-order valence-corrected chi connectivity index (χ3v) is 2.95. The Kier molecular flexibility index (Phi) is 4.61. The van der Waals surface area contributed by atoms with Crippen molar-refractivity contribution in [1.82, 2.24) is 4.98 Å². The summed E-state index contributed by atoms with van der Waals surface area (Å²) in [5.74, 6) is 0.953. The Morgan fingerprint density at radius 2 is 1.95 bits per heavy atom. The molecule has 0 fully saturated rings. The fourth-order valence-electron chi connectivity index (χ4n) is 1.70. The summed E-state index contributed by atoms with van der Waals surface area (Å²) in [5, 5.41) is 14.6. The first-order valence-corrected chi connectivity index (χ1v) is 6.56. The summed E-state index contributed by atoms with van der Waals surface area (Å²) in [7, 11) is 0. The van der Waals surface area contributed by atoms with E-state index in [4.69, 9.17) is 0 Å². The smallest absolute Gasteiger partial charge is 0.261 e. The summed E-state index contributed by atoms with van der Waals surface area (Å²) < 4.78 is 0. The first kappa shape index (κ1) is 14.6. The summed E-state index contributed by atoms with van der Waals surface area (Å²) in [5.41, 5.74) is 4.93. The summed E-state index contributed by atoms with van der Waals surface area (Å²) in [6.07, 6.45) is 2.86. The molecule has 0 bridgehead atoms. The standard InChI is InChI=1S/C15H16N4O2/c1-11(2)13-5-3-12(4-6-13)9-17-18-15-8-7-14(10-16-15)19(20)21/h3-11H,1-2H3,(H,16,18)/b17-9-. The van der Waals surface area contributed by atoms with Crippen molar-refractivity contribution in [3.8, 4) is 0 Å². The summed E-state index contributed by atoms with van der Waals surface area (Å²) in [6, 6.07) is 11.0. The van der Waals surface area contributed by atoms with E-state index in [2.05, 4.69) is 41.5 Å². The highest BCUT2D eigenvalue weighted by Crippen LogP contribution is 2.14. The molecule has 2 aromatic rings. The Balaban J connectivity index is 1.97. The minimum atomic E-state index is -0.490. The number of hydrazone groups is 1. The molecule has 0 amide bonds. The van der Waals surface area contributed by atoms with Crippen molar-refractivity contribution in [1.29, 1.82) is 0 Å². The van der Waals surface area contributed by atoms with E-state index in [0.29, 0.717) is 11.7 Å². The number of aromatic nitrogens is 1. The zero-order chi connectivity index (χ0) is 15.2. The summed E-state index contributed by atoms with van der Waals surface area (Å²) in [4.78, 5) is 13.9. The van der Waals surface area contributed by atoms with Crippen LogP contribution in [0.2, 0.25) is 0 Å². The van der Waals surface area contributed by atoms with E-state index in [-0.39, 0.29) is 5.69 Å². The first-order chi connectivity index (χ1) is 10.1. The van der Waals surface area contributed by atoms with Crippen LogP contribution >= 0.6 is 0 Å². The van der Waals surface area contributed by atoms with Crippen LogP contribution in [0, 0.1) is 10.1 Å². The van der Waals surface area contributed by atoms with E-state index >= 15 is 0 Å². The molecule has 0 saturated carbocycles. The molecular weight excluding hydrogens is 268 g/mol. The fourth-order valence-corrected chi connectivity index (χ4v) is 1.70. The van der Waals surface area contributed by atoms with Gasteiger partial charge in [0, 0.05) is 6.07 Å². The highest BCUT2D eigenvalue weighted by Gasteiger charge is 2.04. The molecule has 1 heterocycles. The van der Waals surface area contributed by atoms with Crippen LogP contribution in [0.1, 0.15) is 30.9 Å². The van der Waals surface area contributed by atoms with Crippen LogP contribution in [0.5, 0.6) is 0 Å². The van der Waals surface area contributed by atoms with Crippen molar-refractivity contribution in [2.75, 3.05) is 5.43 Å². The van der Waals surface area contributed by atoms with Crippen molar-refractivity contribution < 1.29 is 4.92 Å². The molecule has 1 aromatic heterocycles. The van der Waals surface area contributed by atoms with Crippen LogP contribution in [-0.4, -0.2) is 16.1 Å². The molecule has 6 nitrogen and oxygen atoms in total. The fraction of sp³-hybridized carbons (Fsp3) is 0.200. The lowest BCUT2D eigenvalue weighted by atomic mass is 10.0. The van der Waals surface area contributed by atoms with Crippen LogP contribution in [0.15, 0.2) is 47.7 Å². The third kappa shape index (κ3) is 4.10. The SMILES string of the molecule is CC(C)c1ccc(/C=N\Nc2ccc([N+](=O)[O-])cn2)cc1. The molecule has 21 heavy (non-hydrogen) atoms. The molecule has 0 atom stereocenters. The van der Waals surface area contributed by atoms with E-state index in [0.717, 1.165) is 5.56 Å². The average molecular weight is 284 g/mol. The summed E-state index contributed by atoms with van der Waals surface area (Å²) >= 11 is 0. The quantitative estimate of drug-likeness (QED) is 0.517. The van der Waals surface area contributed by atoms with Crippen LogP contribution in [0.25, 0.3) is 0 Å². The minimum Gasteiger partial charge on any atom is -0.261 e. The van der Waals surface area contributed by atoms with Gasteiger partial charge < -0.3 is 0 Å². The Labute approximate surface area is 122 Å². The number of nitro groups is 1. The van der Waals surface area contributed by atoms with Gasteiger partial charge in [-0.05, 0) is 23.1 Å². The van der Waals surface area contributed by atoms with Crippen LogP contribution < -0.4 is 5.43 Å². The highest BCUT2D eigenvalue weighted by molar-refractivity contribution is 5.80. The maximum absolute atomic E-state index is 10.5. The third-order valence-electron chi connectivity index (χ3n) is 2.95. The van der Waals surface area contributed by atoms with Crippen molar-refractivity contribution in [2.24, 2.45) is 5.10 Å². The molecule has 0 aliphatic heterocycles. The van der Waals surface area contributed by atoms with Crippen LogP contribution in [0.3, 0.4) is 0 Å². The molecule has 0 saturated heterocycles. The minimum absolute atomic E-state index is 0.0474. The van der Waals surface area contributed by atoms with Gasteiger partial charge in [0.15, 0.2) is 0 Å². The zero-order valence-corrected chi connectivity index (χ0v) is 11.9. The molecule has 0 aliphatic rings. The van der Waals surface area contributed by atoms with Crippen molar-refractivity contribution in [3.63, 3.8) is 0 Å². The number of pyridine rings is 1. The first-order valence-electron chi connectivity index (χ1n) is 6.56. The lowest BCUT2D eigenvalue weighted by Crippen LogP contribution is -1.95. The van der Waals surface area contributed by atoms with E-state index in [1.807, 2.05) is 12.1 Å². The molecule has 0 radical (unpaired) electrons. The van der Waals surface area contributed by atoms with E-state index < -0.39 is 4.92 Å². The number of benzene rings is 1. The largest absolute Gasteiger partial charge is 0.287 e. The van der Waals surface area contributed by atoms with Crippen LogP contribution in [-0.2, 0) is 0 Å². The maximum atomic E-state index is 10.5. The Morgan fingerprint density at radius 3 is 2.48 bits per heavy atom. The van der Waals surface area contributed by atoms with Gasteiger partial charge in [-0.2, -0.15) is 5.10 Å². The van der Waals surface area contributed by atoms with Gasteiger partial charge in [-0.15, -0.1) is 0 Å². The molecule has 108 valence electrons. The average Bonchev–Trinajstić information content (AvgIpc) is 2.48. The van der Waals surface area contributed by atoms with Crippen molar-refractivity contribution in [3.05, 3.63) is 63.8 Å². The molecule has 6 heteroatoms. The Bertz CT molecular complexity index is 634. The van der Waals surface area contributed by atoms with E-state index in [1.165, 1.54) is 23.9 Å². The lowest BCUT2D eigenvalue weighted by molar-refractivity contribution is -0.385. The van der Waals surface area contributed by atoms with Crippen molar-refractivity contribution in [2.45, 2.75) is 19.8 Å². The number of nitrogens with one attached hydrogen (secondary N) is 1.